The quantitative estimate of drug-likeness (QED) is 0.366. The van der Waals surface area contributed by atoms with Gasteiger partial charge in [-0.05, 0) is 85.4 Å². The molecule has 5 nitrogen and oxygen atoms in total. The van der Waals surface area contributed by atoms with E-state index in [0.29, 0.717) is 6.61 Å². The molecule has 0 saturated carbocycles. The smallest absolute Gasteiger partial charge is 0.123 e. The summed E-state index contributed by atoms with van der Waals surface area (Å²) in [6, 6.07) is 17.8. The fourth-order valence-electron chi connectivity index (χ4n) is 4.64. The molecular weight excluding hydrogens is 426 g/mol. The van der Waals surface area contributed by atoms with Gasteiger partial charge in [0.25, 0.3) is 0 Å². The van der Waals surface area contributed by atoms with Crippen molar-refractivity contribution in [3.05, 3.63) is 65.7 Å². The van der Waals surface area contributed by atoms with Crippen molar-refractivity contribution in [2.24, 2.45) is 0 Å². The highest BCUT2D eigenvalue weighted by Crippen LogP contribution is 2.32. The first kappa shape index (κ1) is 24.4. The second-order valence-corrected chi connectivity index (χ2v) is 9.15. The number of ether oxygens (including phenoxy) is 2. The van der Waals surface area contributed by atoms with Gasteiger partial charge in [0.05, 0.1) is 6.61 Å². The zero-order valence-electron chi connectivity index (χ0n) is 20.0. The fraction of sp³-hybridized carbons (Fsp3) is 0.448. The highest BCUT2D eigenvalue weighted by molar-refractivity contribution is 5.89. The van der Waals surface area contributed by atoms with Crippen molar-refractivity contribution in [1.82, 2.24) is 4.90 Å². The van der Waals surface area contributed by atoms with E-state index in [1.54, 1.807) is 12.1 Å². The number of benzene rings is 3. The number of aliphatic hydroxyl groups excluding tert-OH is 1. The van der Waals surface area contributed by atoms with Gasteiger partial charge in [-0.3, -0.25) is 4.90 Å². The van der Waals surface area contributed by atoms with E-state index in [1.165, 1.54) is 44.3 Å². The summed E-state index contributed by atoms with van der Waals surface area (Å²) in [5.74, 6) is 2.02. The van der Waals surface area contributed by atoms with E-state index in [0.717, 1.165) is 60.2 Å². The fourth-order valence-corrected chi connectivity index (χ4v) is 4.64. The van der Waals surface area contributed by atoms with Crippen molar-refractivity contribution < 1.29 is 19.7 Å². The lowest BCUT2D eigenvalue weighted by molar-refractivity contribution is 0.214. The maximum Gasteiger partial charge on any atom is 0.123 e. The Morgan fingerprint density at radius 3 is 2.35 bits per heavy atom. The number of rotatable bonds is 11. The van der Waals surface area contributed by atoms with Crippen LogP contribution in [0.25, 0.3) is 10.8 Å². The van der Waals surface area contributed by atoms with E-state index in [9.17, 15) is 5.11 Å². The molecule has 4 rings (SSSR count). The second kappa shape index (κ2) is 12.6. The number of phenolic OH excluding ortho intramolecular Hbond substituents is 1. The van der Waals surface area contributed by atoms with Crippen LogP contribution in [0, 0.1) is 0 Å². The van der Waals surface area contributed by atoms with Crippen molar-refractivity contribution >= 4 is 10.8 Å². The van der Waals surface area contributed by atoms with Gasteiger partial charge in [0.1, 0.15) is 23.9 Å². The van der Waals surface area contributed by atoms with E-state index >= 15 is 0 Å². The van der Waals surface area contributed by atoms with Crippen molar-refractivity contribution in [3.8, 4) is 17.2 Å². The standard InChI is InChI=1S/C29H37NO4/c31-18-5-6-19-34-29-14-9-24-22-25(32)10-13-27(24)28(29)21-23-7-11-26(12-8-23)33-20-17-30-15-3-1-2-4-16-30/h7-14,22,31-32H,1-6,15-21H2. The number of aliphatic hydroxyl groups is 1. The Bertz CT molecular complexity index is 1030. The van der Waals surface area contributed by atoms with Gasteiger partial charge in [0, 0.05) is 25.1 Å². The Hall–Kier alpha value is -2.76. The summed E-state index contributed by atoms with van der Waals surface area (Å²) < 4.78 is 12.1. The minimum atomic E-state index is 0.180. The van der Waals surface area contributed by atoms with Gasteiger partial charge >= 0.3 is 0 Å². The summed E-state index contributed by atoms with van der Waals surface area (Å²) in [6.45, 7) is 4.84. The van der Waals surface area contributed by atoms with Gasteiger partial charge in [-0.15, -0.1) is 0 Å². The average molecular weight is 464 g/mol. The van der Waals surface area contributed by atoms with Crippen molar-refractivity contribution in [2.75, 3.05) is 39.5 Å². The molecule has 0 aromatic heterocycles. The second-order valence-electron chi connectivity index (χ2n) is 9.15. The summed E-state index contributed by atoms with van der Waals surface area (Å²) in [6.07, 6.45) is 7.58. The van der Waals surface area contributed by atoms with Crippen LogP contribution in [-0.2, 0) is 6.42 Å². The van der Waals surface area contributed by atoms with E-state index in [4.69, 9.17) is 14.6 Å². The third-order valence-electron chi connectivity index (χ3n) is 6.56. The molecule has 34 heavy (non-hydrogen) atoms. The highest BCUT2D eigenvalue weighted by Gasteiger charge is 2.12. The topological polar surface area (TPSA) is 62.2 Å². The summed E-state index contributed by atoms with van der Waals surface area (Å²) in [7, 11) is 0. The van der Waals surface area contributed by atoms with E-state index in [2.05, 4.69) is 29.2 Å². The van der Waals surface area contributed by atoms with Crippen molar-refractivity contribution in [2.45, 2.75) is 44.9 Å². The van der Waals surface area contributed by atoms with Gasteiger partial charge < -0.3 is 19.7 Å². The molecule has 0 radical (unpaired) electrons. The zero-order chi connectivity index (χ0) is 23.6. The highest BCUT2D eigenvalue weighted by atomic mass is 16.5. The molecule has 1 saturated heterocycles. The molecule has 0 atom stereocenters. The summed E-state index contributed by atoms with van der Waals surface area (Å²) in [5, 5.41) is 21.0. The Labute approximate surface area is 202 Å². The maximum atomic E-state index is 9.91. The Morgan fingerprint density at radius 1 is 0.794 bits per heavy atom. The first-order chi connectivity index (χ1) is 16.7. The molecule has 0 unspecified atom stereocenters. The van der Waals surface area contributed by atoms with Crippen LogP contribution in [0.4, 0.5) is 0 Å². The Morgan fingerprint density at radius 2 is 1.59 bits per heavy atom. The SMILES string of the molecule is OCCCCOc1ccc2cc(O)ccc2c1Cc1ccc(OCCN2CCCCCC2)cc1. The largest absolute Gasteiger partial charge is 0.508 e. The predicted octanol–water partition coefficient (Wildman–Crippen LogP) is 5.54. The van der Waals surface area contributed by atoms with E-state index < -0.39 is 0 Å². The number of phenols is 1. The number of hydrogen-bond acceptors (Lipinski definition) is 5. The monoisotopic (exact) mass is 463 g/mol. The molecule has 3 aromatic rings. The summed E-state index contributed by atoms with van der Waals surface area (Å²) >= 11 is 0. The normalized spacial score (nSPS) is 14.7. The van der Waals surface area contributed by atoms with Gasteiger partial charge in [-0.1, -0.05) is 37.1 Å². The third-order valence-corrected chi connectivity index (χ3v) is 6.56. The molecule has 1 aliphatic rings. The number of aromatic hydroxyl groups is 1. The Balaban J connectivity index is 1.42. The van der Waals surface area contributed by atoms with Crippen LogP contribution < -0.4 is 9.47 Å². The third kappa shape index (κ3) is 6.87. The van der Waals surface area contributed by atoms with Crippen LogP contribution in [0.1, 0.15) is 49.7 Å². The zero-order valence-corrected chi connectivity index (χ0v) is 20.0. The van der Waals surface area contributed by atoms with E-state index in [1.807, 2.05) is 18.2 Å². The van der Waals surface area contributed by atoms with Gasteiger partial charge in [-0.2, -0.15) is 0 Å². The van der Waals surface area contributed by atoms with Gasteiger partial charge in [-0.25, -0.2) is 0 Å². The summed E-state index contributed by atoms with van der Waals surface area (Å²) in [4.78, 5) is 2.52. The van der Waals surface area contributed by atoms with Crippen LogP contribution in [0.3, 0.4) is 0 Å². The molecular formula is C29H37NO4. The number of nitrogens with zero attached hydrogens (tertiary/aromatic N) is 1. The van der Waals surface area contributed by atoms with Crippen LogP contribution in [0.5, 0.6) is 17.2 Å². The first-order valence-electron chi connectivity index (χ1n) is 12.7. The van der Waals surface area contributed by atoms with E-state index in [-0.39, 0.29) is 12.4 Å². The minimum absolute atomic E-state index is 0.180. The van der Waals surface area contributed by atoms with Crippen molar-refractivity contribution in [1.29, 1.82) is 0 Å². The molecule has 0 amide bonds. The molecule has 2 N–H and O–H groups in total. The van der Waals surface area contributed by atoms with Crippen LogP contribution in [-0.4, -0.2) is 54.6 Å². The molecule has 0 bridgehead atoms. The van der Waals surface area contributed by atoms with Crippen molar-refractivity contribution in [3.63, 3.8) is 0 Å². The van der Waals surface area contributed by atoms with Crippen LogP contribution in [0.2, 0.25) is 0 Å². The molecule has 5 heteroatoms. The average Bonchev–Trinajstić information content (AvgIpc) is 3.13. The lowest BCUT2D eigenvalue weighted by Crippen LogP contribution is -2.29. The van der Waals surface area contributed by atoms with Gasteiger partial charge in [0.15, 0.2) is 0 Å². The molecule has 0 aliphatic carbocycles. The molecule has 182 valence electrons. The maximum absolute atomic E-state index is 9.91. The number of hydrogen-bond donors (Lipinski definition) is 2. The number of unbranched alkanes of at least 4 members (excludes halogenated alkanes) is 1. The molecule has 3 aromatic carbocycles. The van der Waals surface area contributed by atoms with Crippen LogP contribution in [0.15, 0.2) is 54.6 Å². The molecule has 1 aliphatic heterocycles. The Kier molecular flexibility index (Phi) is 9.05. The lowest BCUT2D eigenvalue weighted by Gasteiger charge is -2.19. The predicted molar refractivity (Wildman–Crippen MR) is 137 cm³/mol. The molecule has 1 fully saturated rings. The summed E-state index contributed by atoms with van der Waals surface area (Å²) in [5.41, 5.74) is 2.29. The number of fused-ring (bicyclic) bond motifs is 1. The lowest BCUT2D eigenvalue weighted by atomic mass is 9.97. The minimum Gasteiger partial charge on any atom is -0.508 e. The van der Waals surface area contributed by atoms with Gasteiger partial charge in [0.2, 0.25) is 0 Å². The van der Waals surface area contributed by atoms with Crippen LogP contribution >= 0.6 is 0 Å². The number of likely N-dealkylation sites (tertiary alicyclic amines) is 1. The molecule has 0 spiro atoms. The first-order valence-corrected chi connectivity index (χ1v) is 12.7. The molecule has 1 heterocycles.